The van der Waals surface area contributed by atoms with Gasteiger partial charge in [-0.25, -0.2) is 0 Å². The van der Waals surface area contributed by atoms with Crippen LogP contribution in [0.5, 0.6) is 0 Å². The van der Waals surface area contributed by atoms with Crippen molar-refractivity contribution in [3.8, 4) is 0 Å². The van der Waals surface area contributed by atoms with Crippen molar-refractivity contribution in [1.82, 2.24) is 0 Å². The summed E-state index contributed by atoms with van der Waals surface area (Å²) in [5.41, 5.74) is 2.11. The lowest BCUT2D eigenvalue weighted by Crippen LogP contribution is -2.11. The molecule has 0 bridgehead atoms. The zero-order valence-electron chi connectivity index (χ0n) is 11.5. The van der Waals surface area contributed by atoms with Crippen molar-refractivity contribution < 1.29 is 9.90 Å². The molecule has 0 amide bonds. The molecule has 1 atom stereocenters. The van der Waals surface area contributed by atoms with Crippen LogP contribution in [0.4, 0.5) is 0 Å². The van der Waals surface area contributed by atoms with Crippen LogP contribution in [0.2, 0.25) is 0 Å². The van der Waals surface area contributed by atoms with E-state index < -0.39 is 5.97 Å². The molecule has 0 aliphatic heterocycles. The molecular weight excluding hydrogens is 224 g/mol. The number of hydrogen-bond donors (Lipinski definition) is 1. The minimum atomic E-state index is -0.700. The first kappa shape index (κ1) is 14.7. The molecule has 1 aromatic rings. The van der Waals surface area contributed by atoms with Gasteiger partial charge in [0.05, 0.1) is 5.92 Å². The molecule has 1 unspecified atom stereocenters. The number of aryl methyl sites for hydroxylation is 1. The fraction of sp³-hybridized carbons (Fsp3) is 0.562. The van der Waals surface area contributed by atoms with Crippen molar-refractivity contribution in [3.63, 3.8) is 0 Å². The average molecular weight is 248 g/mol. The van der Waals surface area contributed by atoms with Crippen molar-refractivity contribution in [2.45, 2.75) is 58.3 Å². The molecule has 0 fully saturated rings. The summed E-state index contributed by atoms with van der Waals surface area (Å²) in [4.78, 5) is 11.3. The van der Waals surface area contributed by atoms with Gasteiger partial charge in [-0.3, -0.25) is 4.79 Å². The van der Waals surface area contributed by atoms with E-state index in [1.54, 1.807) is 0 Å². The monoisotopic (exact) mass is 248 g/mol. The van der Waals surface area contributed by atoms with Gasteiger partial charge in [0.15, 0.2) is 0 Å². The molecule has 2 heteroatoms. The number of benzene rings is 1. The molecule has 2 nitrogen and oxygen atoms in total. The SMILES string of the molecule is CCCCCCCC(C(=O)O)c1ccc(C)cc1. The third-order valence-corrected chi connectivity index (χ3v) is 3.37. The smallest absolute Gasteiger partial charge is 0.310 e. The number of aliphatic carboxylic acids is 1. The highest BCUT2D eigenvalue weighted by atomic mass is 16.4. The van der Waals surface area contributed by atoms with Crippen LogP contribution in [0, 0.1) is 6.92 Å². The number of carboxylic acids is 1. The van der Waals surface area contributed by atoms with Crippen LogP contribution < -0.4 is 0 Å². The van der Waals surface area contributed by atoms with Crippen LogP contribution in [0.1, 0.15) is 62.5 Å². The van der Waals surface area contributed by atoms with E-state index in [1.165, 1.54) is 24.8 Å². The molecule has 0 radical (unpaired) electrons. The second-order valence-electron chi connectivity index (χ2n) is 5.00. The molecule has 100 valence electrons. The van der Waals surface area contributed by atoms with Crippen LogP contribution in [-0.2, 0) is 4.79 Å². The van der Waals surface area contributed by atoms with Crippen LogP contribution in [-0.4, -0.2) is 11.1 Å². The quantitative estimate of drug-likeness (QED) is 0.686. The van der Waals surface area contributed by atoms with Crippen LogP contribution in [0.3, 0.4) is 0 Å². The van der Waals surface area contributed by atoms with Crippen molar-refractivity contribution in [2.24, 2.45) is 0 Å². The van der Waals surface area contributed by atoms with Crippen LogP contribution in [0.25, 0.3) is 0 Å². The summed E-state index contributed by atoms with van der Waals surface area (Å²) in [6, 6.07) is 7.87. The van der Waals surface area contributed by atoms with Gasteiger partial charge in [-0.2, -0.15) is 0 Å². The molecule has 0 aromatic heterocycles. The minimum absolute atomic E-state index is 0.341. The van der Waals surface area contributed by atoms with Gasteiger partial charge in [-0.15, -0.1) is 0 Å². The molecule has 1 N–H and O–H groups in total. The largest absolute Gasteiger partial charge is 0.481 e. The Morgan fingerprint density at radius 2 is 1.72 bits per heavy atom. The fourth-order valence-electron chi connectivity index (χ4n) is 2.18. The van der Waals surface area contributed by atoms with Crippen molar-refractivity contribution >= 4 is 5.97 Å². The third kappa shape index (κ3) is 4.91. The molecule has 1 rings (SSSR count). The molecule has 0 saturated carbocycles. The Balaban J connectivity index is 2.50. The Bertz CT molecular complexity index is 354. The van der Waals surface area contributed by atoms with Gasteiger partial charge < -0.3 is 5.11 Å². The molecule has 0 heterocycles. The fourth-order valence-corrected chi connectivity index (χ4v) is 2.18. The Labute approximate surface area is 110 Å². The maximum absolute atomic E-state index is 11.3. The van der Waals surface area contributed by atoms with Crippen molar-refractivity contribution in [2.75, 3.05) is 0 Å². The topological polar surface area (TPSA) is 37.3 Å². The summed E-state index contributed by atoms with van der Waals surface area (Å²) >= 11 is 0. The third-order valence-electron chi connectivity index (χ3n) is 3.37. The first-order chi connectivity index (χ1) is 8.65. The molecule has 0 aliphatic carbocycles. The minimum Gasteiger partial charge on any atom is -0.481 e. The zero-order valence-corrected chi connectivity index (χ0v) is 11.5. The van der Waals surface area contributed by atoms with Gasteiger partial charge in [-0.1, -0.05) is 68.9 Å². The first-order valence-electron chi connectivity index (χ1n) is 6.94. The number of unbranched alkanes of at least 4 members (excludes halogenated alkanes) is 4. The highest BCUT2D eigenvalue weighted by molar-refractivity contribution is 5.76. The second-order valence-corrected chi connectivity index (χ2v) is 5.00. The summed E-state index contributed by atoms with van der Waals surface area (Å²) in [5, 5.41) is 9.30. The van der Waals surface area contributed by atoms with E-state index in [2.05, 4.69) is 6.92 Å². The lowest BCUT2D eigenvalue weighted by Gasteiger charge is -2.12. The van der Waals surface area contributed by atoms with Gasteiger partial charge >= 0.3 is 5.97 Å². The summed E-state index contributed by atoms with van der Waals surface area (Å²) in [6.45, 7) is 4.21. The van der Waals surface area contributed by atoms with Gasteiger partial charge in [0.1, 0.15) is 0 Å². The summed E-state index contributed by atoms with van der Waals surface area (Å²) in [7, 11) is 0. The normalized spacial score (nSPS) is 12.3. The van der Waals surface area contributed by atoms with Crippen LogP contribution >= 0.6 is 0 Å². The van der Waals surface area contributed by atoms with Gasteiger partial charge in [-0.05, 0) is 18.9 Å². The number of carboxylic acid groups (broad SMARTS) is 1. The molecule has 0 aliphatic rings. The van der Waals surface area contributed by atoms with E-state index in [0.29, 0.717) is 0 Å². The Morgan fingerprint density at radius 3 is 2.28 bits per heavy atom. The van der Waals surface area contributed by atoms with E-state index in [0.717, 1.165) is 24.8 Å². The van der Waals surface area contributed by atoms with E-state index >= 15 is 0 Å². The summed E-state index contributed by atoms with van der Waals surface area (Å²) in [5.74, 6) is -1.04. The maximum Gasteiger partial charge on any atom is 0.310 e. The summed E-state index contributed by atoms with van der Waals surface area (Å²) < 4.78 is 0. The van der Waals surface area contributed by atoms with Crippen LogP contribution in [0.15, 0.2) is 24.3 Å². The molecular formula is C16H24O2. The van der Waals surface area contributed by atoms with Gasteiger partial charge in [0.2, 0.25) is 0 Å². The molecule has 0 saturated heterocycles. The van der Waals surface area contributed by atoms with E-state index in [1.807, 2.05) is 31.2 Å². The Hall–Kier alpha value is -1.31. The zero-order chi connectivity index (χ0) is 13.4. The van der Waals surface area contributed by atoms with E-state index in [-0.39, 0.29) is 5.92 Å². The van der Waals surface area contributed by atoms with E-state index in [4.69, 9.17) is 0 Å². The molecule has 0 spiro atoms. The predicted octanol–water partition coefficient (Wildman–Crippen LogP) is 4.52. The average Bonchev–Trinajstić information content (AvgIpc) is 2.35. The second kappa shape index (κ2) is 7.91. The lowest BCUT2D eigenvalue weighted by atomic mass is 9.92. The Morgan fingerprint density at radius 1 is 1.11 bits per heavy atom. The predicted molar refractivity (Wildman–Crippen MR) is 74.9 cm³/mol. The van der Waals surface area contributed by atoms with Gasteiger partial charge in [0.25, 0.3) is 0 Å². The number of carbonyl (C=O) groups is 1. The van der Waals surface area contributed by atoms with Crippen molar-refractivity contribution in [3.05, 3.63) is 35.4 Å². The highest BCUT2D eigenvalue weighted by Gasteiger charge is 2.18. The van der Waals surface area contributed by atoms with E-state index in [9.17, 15) is 9.90 Å². The summed E-state index contributed by atoms with van der Waals surface area (Å²) in [6.07, 6.45) is 6.59. The number of rotatable bonds is 8. The maximum atomic E-state index is 11.3. The number of hydrogen-bond acceptors (Lipinski definition) is 1. The molecule has 18 heavy (non-hydrogen) atoms. The van der Waals surface area contributed by atoms with Gasteiger partial charge in [0, 0.05) is 0 Å². The van der Waals surface area contributed by atoms with Crippen molar-refractivity contribution in [1.29, 1.82) is 0 Å². The Kier molecular flexibility index (Phi) is 6.48. The highest BCUT2D eigenvalue weighted by Crippen LogP contribution is 2.23. The standard InChI is InChI=1S/C16H24O2/c1-3-4-5-6-7-8-15(16(17)18)14-11-9-13(2)10-12-14/h9-12,15H,3-8H2,1-2H3,(H,17,18). The lowest BCUT2D eigenvalue weighted by molar-refractivity contribution is -0.139. The first-order valence-corrected chi connectivity index (χ1v) is 6.94. The molecule has 1 aromatic carbocycles.